The first kappa shape index (κ1) is 19.4. The third-order valence-corrected chi connectivity index (χ3v) is 6.30. The van der Waals surface area contributed by atoms with Crippen LogP contribution in [0.4, 0.5) is 11.5 Å². The monoisotopic (exact) mass is 382 g/mol. The predicted octanol–water partition coefficient (Wildman–Crippen LogP) is 2.15. The molecule has 0 saturated heterocycles. The summed E-state index contributed by atoms with van der Waals surface area (Å²) in [6.45, 7) is 3.57. The molecule has 2 rings (SSSR count). The zero-order chi connectivity index (χ0) is 18.6. The fourth-order valence-corrected chi connectivity index (χ4v) is 4.43. The van der Waals surface area contributed by atoms with Gasteiger partial charge < -0.3 is 10.2 Å². The van der Waals surface area contributed by atoms with Crippen LogP contribution in [0, 0.1) is 5.92 Å². The van der Waals surface area contributed by atoms with E-state index in [4.69, 9.17) is 0 Å². The van der Waals surface area contributed by atoms with Crippen LogP contribution in [0.25, 0.3) is 0 Å². The Kier molecular flexibility index (Phi) is 6.15. The lowest BCUT2D eigenvalue weighted by Crippen LogP contribution is -2.46. The van der Waals surface area contributed by atoms with Crippen LogP contribution in [0.3, 0.4) is 0 Å². The molecule has 0 aromatic carbocycles. The van der Waals surface area contributed by atoms with E-state index in [9.17, 15) is 13.2 Å². The van der Waals surface area contributed by atoms with Crippen molar-refractivity contribution in [2.24, 2.45) is 5.92 Å². The Hall–Kier alpha value is -1.97. The van der Waals surface area contributed by atoms with Gasteiger partial charge in [-0.3, -0.25) is 4.79 Å². The SMILES string of the molecule is CC(C)[C@H](NS(=O)(=O)c1cccs1)C(=O)Nc1ccc(N(C)C)nc1. The van der Waals surface area contributed by atoms with Gasteiger partial charge in [0.05, 0.1) is 11.9 Å². The van der Waals surface area contributed by atoms with Crippen molar-refractivity contribution in [3.05, 3.63) is 35.8 Å². The third-order valence-electron chi connectivity index (χ3n) is 3.46. The highest BCUT2D eigenvalue weighted by Crippen LogP contribution is 2.18. The van der Waals surface area contributed by atoms with E-state index >= 15 is 0 Å². The van der Waals surface area contributed by atoms with Crippen LogP contribution >= 0.6 is 11.3 Å². The minimum absolute atomic E-state index is 0.183. The van der Waals surface area contributed by atoms with E-state index in [1.165, 1.54) is 6.07 Å². The van der Waals surface area contributed by atoms with Crippen LogP contribution in [0.2, 0.25) is 0 Å². The van der Waals surface area contributed by atoms with Gasteiger partial charge in [-0.25, -0.2) is 13.4 Å². The number of pyridine rings is 1. The Balaban J connectivity index is 2.13. The summed E-state index contributed by atoms with van der Waals surface area (Å²) >= 11 is 1.11. The lowest BCUT2D eigenvalue weighted by Gasteiger charge is -2.21. The number of thiophene rings is 1. The molecule has 1 atom stereocenters. The van der Waals surface area contributed by atoms with Gasteiger partial charge in [-0.2, -0.15) is 4.72 Å². The van der Waals surface area contributed by atoms with Crippen molar-refractivity contribution in [3.63, 3.8) is 0 Å². The van der Waals surface area contributed by atoms with Crippen LogP contribution in [0.1, 0.15) is 13.8 Å². The number of hydrogen-bond acceptors (Lipinski definition) is 6. The van der Waals surface area contributed by atoms with Crippen molar-refractivity contribution in [2.45, 2.75) is 24.1 Å². The quantitative estimate of drug-likeness (QED) is 0.766. The highest BCUT2D eigenvalue weighted by atomic mass is 32.2. The Morgan fingerprint density at radius 3 is 2.44 bits per heavy atom. The highest BCUT2D eigenvalue weighted by molar-refractivity contribution is 7.91. The molecule has 0 fully saturated rings. The molecule has 0 aliphatic carbocycles. The Bertz CT molecular complexity index is 800. The summed E-state index contributed by atoms with van der Waals surface area (Å²) < 4.78 is 27.4. The number of amides is 1. The van der Waals surface area contributed by atoms with Crippen LogP contribution in [0.5, 0.6) is 0 Å². The number of rotatable bonds is 7. The summed E-state index contributed by atoms with van der Waals surface area (Å²) in [5.74, 6) is 0.120. The summed E-state index contributed by atoms with van der Waals surface area (Å²) in [5.41, 5.74) is 0.511. The average molecular weight is 383 g/mol. The molecule has 2 heterocycles. The fraction of sp³-hybridized carbons (Fsp3) is 0.375. The lowest BCUT2D eigenvalue weighted by molar-refractivity contribution is -0.118. The summed E-state index contributed by atoms with van der Waals surface area (Å²) in [4.78, 5) is 18.6. The van der Waals surface area contributed by atoms with Crippen molar-refractivity contribution in [2.75, 3.05) is 24.3 Å². The van der Waals surface area contributed by atoms with Gasteiger partial charge in [0.15, 0.2) is 0 Å². The molecule has 0 saturated carbocycles. The van der Waals surface area contributed by atoms with Gasteiger partial charge in [-0.05, 0) is 29.5 Å². The summed E-state index contributed by atoms with van der Waals surface area (Å²) in [6.07, 6.45) is 1.54. The molecule has 0 aliphatic heterocycles. The molecule has 0 radical (unpaired) electrons. The minimum Gasteiger partial charge on any atom is -0.363 e. The summed E-state index contributed by atoms with van der Waals surface area (Å²) in [6, 6.07) is 5.77. The smallest absolute Gasteiger partial charge is 0.250 e. The molecule has 9 heteroatoms. The molecule has 2 N–H and O–H groups in total. The second-order valence-electron chi connectivity index (χ2n) is 6.06. The van der Waals surface area contributed by atoms with E-state index in [0.29, 0.717) is 5.69 Å². The average Bonchev–Trinajstić information content (AvgIpc) is 3.08. The maximum Gasteiger partial charge on any atom is 0.250 e. The maximum atomic E-state index is 12.5. The molecule has 1 amide bonds. The third kappa shape index (κ3) is 5.00. The molecule has 7 nitrogen and oxygen atoms in total. The number of nitrogens with one attached hydrogen (secondary N) is 2. The molecular formula is C16H22N4O3S2. The fourth-order valence-electron chi connectivity index (χ4n) is 2.08. The first-order chi connectivity index (χ1) is 11.7. The van der Waals surface area contributed by atoms with E-state index in [1.807, 2.05) is 19.0 Å². The van der Waals surface area contributed by atoms with Gasteiger partial charge in [-0.1, -0.05) is 19.9 Å². The molecule has 0 unspecified atom stereocenters. The van der Waals surface area contributed by atoms with Crippen LogP contribution < -0.4 is 14.9 Å². The van der Waals surface area contributed by atoms with Crippen molar-refractivity contribution < 1.29 is 13.2 Å². The lowest BCUT2D eigenvalue weighted by atomic mass is 10.1. The molecule has 25 heavy (non-hydrogen) atoms. The van der Waals surface area contributed by atoms with Crippen molar-refractivity contribution in [1.82, 2.24) is 9.71 Å². The van der Waals surface area contributed by atoms with Gasteiger partial charge in [0.1, 0.15) is 16.1 Å². The molecule has 2 aromatic heterocycles. The first-order valence-electron chi connectivity index (χ1n) is 7.71. The molecule has 136 valence electrons. The van der Waals surface area contributed by atoms with Crippen molar-refractivity contribution in [3.8, 4) is 0 Å². The first-order valence-corrected chi connectivity index (χ1v) is 10.1. The van der Waals surface area contributed by atoms with E-state index < -0.39 is 22.0 Å². The summed E-state index contributed by atoms with van der Waals surface area (Å²) in [7, 11) is 0.00851. The van der Waals surface area contributed by atoms with E-state index in [2.05, 4.69) is 15.0 Å². The van der Waals surface area contributed by atoms with Crippen LogP contribution in [-0.2, 0) is 14.8 Å². The number of sulfonamides is 1. The Morgan fingerprint density at radius 2 is 1.96 bits per heavy atom. The van der Waals surface area contributed by atoms with E-state index in [-0.39, 0.29) is 10.1 Å². The standard InChI is InChI=1S/C16H22N4O3S2/c1-11(2)15(19-25(22,23)14-6-5-9-24-14)16(21)18-12-7-8-13(17-10-12)20(3)4/h5-11,15,19H,1-4H3,(H,18,21)/t15-/m0/s1. The molecule has 0 spiro atoms. The largest absolute Gasteiger partial charge is 0.363 e. The predicted molar refractivity (Wildman–Crippen MR) is 100 cm³/mol. The van der Waals surface area contributed by atoms with Crippen LogP contribution in [0.15, 0.2) is 40.1 Å². The second-order valence-corrected chi connectivity index (χ2v) is 8.95. The molecular weight excluding hydrogens is 360 g/mol. The highest BCUT2D eigenvalue weighted by Gasteiger charge is 2.29. The zero-order valence-electron chi connectivity index (χ0n) is 14.6. The van der Waals surface area contributed by atoms with Gasteiger partial charge in [0.25, 0.3) is 10.0 Å². The molecule has 0 aliphatic rings. The number of hydrogen-bond donors (Lipinski definition) is 2. The minimum atomic E-state index is -3.73. The number of carbonyl (C=O) groups excluding carboxylic acids is 1. The topological polar surface area (TPSA) is 91.4 Å². The number of aromatic nitrogens is 1. The van der Waals surface area contributed by atoms with E-state index in [0.717, 1.165) is 17.2 Å². The van der Waals surface area contributed by atoms with Crippen molar-refractivity contribution in [1.29, 1.82) is 0 Å². The summed E-state index contributed by atoms with van der Waals surface area (Å²) in [5, 5.41) is 4.39. The molecule has 0 bridgehead atoms. The zero-order valence-corrected chi connectivity index (χ0v) is 16.2. The van der Waals surface area contributed by atoms with Gasteiger partial charge >= 0.3 is 0 Å². The van der Waals surface area contributed by atoms with E-state index in [1.54, 1.807) is 43.6 Å². The van der Waals surface area contributed by atoms with Gasteiger partial charge in [0, 0.05) is 14.1 Å². The normalized spacial score (nSPS) is 12.8. The Labute approximate surface area is 152 Å². The van der Waals surface area contributed by atoms with Crippen LogP contribution in [-0.4, -0.2) is 39.4 Å². The Morgan fingerprint density at radius 1 is 1.24 bits per heavy atom. The van der Waals surface area contributed by atoms with Crippen molar-refractivity contribution >= 4 is 38.8 Å². The maximum absolute atomic E-state index is 12.5. The number of anilines is 2. The molecule has 2 aromatic rings. The second kappa shape index (κ2) is 7.94. The number of nitrogens with zero attached hydrogens (tertiary/aromatic N) is 2. The number of carbonyl (C=O) groups is 1. The van der Waals surface area contributed by atoms with Gasteiger partial charge in [0.2, 0.25) is 5.91 Å². The van der Waals surface area contributed by atoms with Gasteiger partial charge in [-0.15, -0.1) is 11.3 Å².